The van der Waals surface area contributed by atoms with Crippen LogP contribution in [0, 0.1) is 0 Å². The Labute approximate surface area is 91.6 Å². The first kappa shape index (κ1) is 14.2. The van der Waals surface area contributed by atoms with Crippen LogP contribution in [0.15, 0.2) is 0 Å². The molecule has 2 unspecified atom stereocenters. The van der Waals surface area contributed by atoms with Crippen LogP contribution in [-0.4, -0.2) is 48.5 Å². The average molecular weight is 221 g/mol. The zero-order valence-corrected chi connectivity index (χ0v) is 10.4. The van der Waals surface area contributed by atoms with Gasteiger partial charge in [-0.1, -0.05) is 0 Å². The molecule has 14 heavy (non-hydrogen) atoms. The van der Waals surface area contributed by atoms with Crippen molar-refractivity contribution in [2.75, 3.05) is 25.2 Å². The van der Waals surface area contributed by atoms with Crippen LogP contribution >= 0.6 is 11.8 Å². The molecule has 4 heteroatoms. The average Bonchev–Trinajstić information content (AvgIpc) is 2.12. The van der Waals surface area contributed by atoms with Crippen LogP contribution in [0.25, 0.3) is 0 Å². The van der Waals surface area contributed by atoms with Crippen molar-refractivity contribution in [3.05, 3.63) is 0 Å². The normalized spacial score (nSPS) is 15.9. The maximum Gasteiger partial charge on any atom is 0.0897 e. The van der Waals surface area contributed by atoms with Gasteiger partial charge in [0.05, 0.1) is 18.8 Å². The molecular weight excluding hydrogens is 198 g/mol. The molecule has 0 aliphatic heterocycles. The fraction of sp³-hybridized carbons (Fsp3) is 1.00. The van der Waals surface area contributed by atoms with Crippen molar-refractivity contribution in [3.63, 3.8) is 0 Å². The molecule has 0 aliphatic carbocycles. The van der Waals surface area contributed by atoms with E-state index in [0.717, 1.165) is 5.75 Å². The summed E-state index contributed by atoms with van der Waals surface area (Å²) in [6, 6.07) is 0.443. The number of aliphatic hydroxyl groups is 1. The molecule has 0 rings (SSSR count). The van der Waals surface area contributed by atoms with E-state index in [2.05, 4.69) is 18.5 Å². The van der Waals surface area contributed by atoms with E-state index >= 15 is 0 Å². The Morgan fingerprint density at radius 2 is 2.00 bits per heavy atom. The Morgan fingerprint density at radius 3 is 2.50 bits per heavy atom. The molecule has 0 saturated carbocycles. The molecule has 0 fully saturated rings. The van der Waals surface area contributed by atoms with Crippen molar-refractivity contribution in [3.8, 4) is 0 Å². The second-order valence-electron chi connectivity index (χ2n) is 3.80. The molecule has 0 saturated heterocycles. The van der Waals surface area contributed by atoms with Gasteiger partial charge in [0, 0.05) is 18.3 Å². The van der Waals surface area contributed by atoms with Crippen molar-refractivity contribution < 1.29 is 9.84 Å². The highest BCUT2D eigenvalue weighted by Gasteiger charge is 2.07. The van der Waals surface area contributed by atoms with Crippen molar-refractivity contribution >= 4 is 11.8 Å². The predicted molar refractivity (Wildman–Crippen MR) is 62.9 cm³/mol. The summed E-state index contributed by atoms with van der Waals surface area (Å²) in [7, 11) is 0. The summed E-state index contributed by atoms with van der Waals surface area (Å²) in [4.78, 5) is 0. The zero-order chi connectivity index (χ0) is 11.0. The second-order valence-corrected chi connectivity index (χ2v) is 4.71. The largest absolute Gasteiger partial charge is 0.389 e. The van der Waals surface area contributed by atoms with E-state index in [1.165, 1.54) is 0 Å². The van der Waals surface area contributed by atoms with E-state index in [9.17, 15) is 5.11 Å². The van der Waals surface area contributed by atoms with Crippen molar-refractivity contribution in [1.29, 1.82) is 0 Å². The number of rotatable bonds is 8. The van der Waals surface area contributed by atoms with Gasteiger partial charge in [0.2, 0.25) is 0 Å². The van der Waals surface area contributed by atoms with E-state index in [1.54, 1.807) is 11.8 Å². The minimum Gasteiger partial charge on any atom is -0.389 e. The van der Waals surface area contributed by atoms with Gasteiger partial charge in [-0.2, -0.15) is 11.8 Å². The van der Waals surface area contributed by atoms with Crippen LogP contribution in [0.2, 0.25) is 0 Å². The Balaban J connectivity index is 3.38. The molecular formula is C10H23NO2S. The molecule has 0 bridgehead atoms. The van der Waals surface area contributed by atoms with Gasteiger partial charge in [-0.3, -0.25) is 0 Å². The number of ether oxygens (including phenoxy) is 1. The molecule has 2 N–H and O–H groups in total. The molecule has 0 aliphatic rings. The van der Waals surface area contributed by atoms with Crippen molar-refractivity contribution in [2.45, 2.75) is 39.0 Å². The SMILES string of the molecule is CSCC(C)NCC(O)COC(C)C. The Bertz CT molecular complexity index is 133. The van der Waals surface area contributed by atoms with Gasteiger partial charge in [-0.25, -0.2) is 0 Å². The first-order chi connectivity index (χ1) is 6.56. The van der Waals surface area contributed by atoms with Gasteiger partial charge in [0.25, 0.3) is 0 Å². The quantitative estimate of drug-likeness (QED) is 0.644. The lowest BCUT2D eigenvalue weighted by molar-refractivity contribution is 0.00584. The first-order valence-corrected chi connectivity index (χ1v) is 6.47. The van der Waals surface area contributed by atoms with Gasteiger partial charge in [0.1, 0.15) is 0 Å². The molecule has 2 atom stereocenters. The van der Waals surface area contributed by atoms with Crippen LogP contribution in [0.4, 0.5) is 0 Å². The first-order valence-electron chi connectivity index (χ1n) is 5.08. The molecule has 3 nitrogen and oxygen atoms in total. The number of hydrogen-bond acceptors (Lipinski definition) is 4. The summed E-state index contributed by atoms with van der Waals surface area (Å²) in [5.74, 6) is 1.07. The highest BCUT2D eigenvalue weighted by atomic mass is 32.2. The predicted octanol–water partition coefficient (Wildman–Crippen LogP) is 1.11. The van der Waals surface area contributed by atoms with Crippen LogP contribution < -0.4 is 5.32 Å². The fourth-order valence-electron chi connectivity index (χ4n) is 1.01. The molecule has 0 amide bonds. The molecule has 86 valence electrons. The highest BCUT2D eigenvalue weighted by Crippen LogP contribution is 1.96. The molecule has 0 aromatic carbocycles. The second kappa shape index (κ2) is 8.53. The van der Waals surface area contributed by atoms with E-state index in [4.69, 9.17) is 4.74 Å². The third-order valence-corrected chi connectivity index (χ3v) is 2.57. The Morgan fingerprint density at radius 1 is 1.36 bits per heavy atom. The number of hydrogen-bond donors (Lipinski definition) is 2. The van der Waals surface area contributed by atoms with Crippen LogP contribution in [0.3, 0.4) is 0 Å². The van der Waals surface area contributed by atoms with Gasteiger partial charge in [0.15, 0.2) is 0 Å². The summed E-state index contributed by atoms with van der Waals surface area (Å²) in [6.45, 7) is 7.07. The summed E-state index contributed by atoms with van der Waals surface area (Å²) in [5.41, 5.74) is 0. The van der Waals surface area contributed by atoms with Gasteiger partial charge in [-0.05, 0) is 27.0 Å². The Hall–Kier alpha value is 0.230. The third-order valence-electron chi connectivity index (χ3n) is 1.74. The monoisotopic (exact) mass is 221 g/mol. The lowest BCUT2D eigenvalue weighted by Gasteiger charge is -2.17. The molecule has 0 aromatic heterocycles. The van der Waals surface area contributed by atoms with E-state index < -0.39 is 6.10 Å². The summed E-state index contributed by atoms with van der Waals surface area (Å²) in [6.07, 6.45) is 1.87. The highest BCUT2D eigenvalue weighted by molar-refractivity contribution is 7.98. The summed E-state index contributed by atoms with van der Waals surface area (Å²) >= 11 is 1.80. The van der Waals surface area contributed by atoms with Gasteiger partial charge < -0.3 is 15.2 Å². The van der Waals surface area contributed by atoms with Crippen molar-refractivity contribution in [1.82, 2.24) is 5.32 Å². The van der Waals surface area contributed by atoms with Gasteiger partial charge >= 0.3 is 0 Å². The van der Waals surface area contributed by atoms with E-state index in [-0.39, 0.29) is 6.10 Å². The standard InChI is InChI=1S/C10H23NO2S/c1-8(2)13-6-10(12)5-11-9(3)7-14-4/h8-12H,5-7H2,1-4H3. The van der Waals surface area contributed by atoms with Gasteiger partial charge in [-0.15, -0.1) is 0 Å². The lowest BCUT2D eigenvalue weighted by atomic mass is 10.3. The molecule has 0 radical (unpaired) electrons. The maximum absolute atomic E-state index is 9.52. The number of aliphatic hydroxyl groups excluding tert-OH is 1. The van der Waals surface area contributed by atoms with Crippen LogP contribution in [0.5, 0.6) is 0 Å². The fourth-order valence-corrected chi connectivity index (χ4v) is 1.63. The van der Waals surface area contributed by atoms with E-state index in [1.807, 2.05) is 13.8 Å². The van der Waals surface area contributed by atoms with Crippen LogP contribution in [0.1, 0.15) is 20.8 Å². The summed E-state index contributed by atoms with van der Waals surface area (Å²) in [5, 5.41) is 12.8. The van der Waals surface area contributed by atoms with Crippen molar-refractivity contribution in [2.24, 2.45) is 0 Å². The molecule has 0 aromatic rings. The lowest BCUT2D eigenvalue weighted by Crippen LogP contribution is -2.37. The summed E-state index contributed by atoms with van der Waals surface area (Å²) < 4.78 is 5.30. The zero-order valence-electron chi connectivity index (χ0n) is 9.62. The minimum absolute atomic E-state index is 0.188. The smallest absolute Gasteiger partial charge is 0.0897 e. The molecule has 0 heterocycles. The third kappa shape index (κ3) is 8.81. The molecule has 0 spiro atoms. The van der Waals surface area contributed by atoms with Crippen LogP contribution in [-0.2, 0) is 4.74 Å². The number of nitrogens with one attached hydrogen (secondary N) is 1. The minimum atomic E-state index is -0.401. The van der Waals surface area contributed by atoms with E-state index in [0.29, 0.717) is 19.2 Å². The number of thioether (sulfide) groups is 1. The topological polar surface area (TPSA) is 41.5 Å². The Kier molecular flexibility index (Phi) is 8.67. The maximum atomic E-state index is 9.52.